The highest BCUT2D eigenvalue weighted by atomic mass is 35.5. The molecule has 0 amide bonds. The molecule has 0 aliphatic carbocycles. The summed E-state index contributed by atoms with van der Waals surface area (Å²) >= 11 is 6.07. The number of hydrogen-bond acceptors (Lipinski definition) is 6. The van der Waals surface area contributed by atoms with Crippen LogP contribution in [0.25, 0.3) is 11.4 Å². The molecule has 0 saturated carbocycles. The molecule has 0 unspecified atom stereocenters. The van der Waals surface area contributed by atoms with Crippen LogP contribution < -0.4 is 0 Å². The van der Waals surface area contributed by atoms with Crippen LogP contribution in [0.4, 0.5) is 0 Å². The number of hydrogen-bond donors (Lipinski definition) is 0. The minimum Gasteiger partial charge on any atom is -0.452 e. The Balaban J connectivity index is 1.66. The summed E-state index contributed by atoms with van der Waals surface area (Å²) in [5, 5.41) is 13.1. The molecule has 3 rings (SSSR count). The molecule has 2 aromatic carbocycles. The van der Waals surface area contributed by atoms with Crippen LogP contribution in [0.1, 0.15) is 21.8 Å². The topological polar surface area (TPSA) is 89.0 Å². The van der Waals surface area contributed by atoms with Crippen molar-refractivity contribution in [2.75, 3.05) is 0 Å². The summed E-state index contributed by atoms with van der Waals surface area (Å²) in [6.07, 6.45) is 0. The zero-order valence-electron chi connectivity index (χ0n) is 12.3. The fourth-order valence-electron chi connectivity index (χ4n) is 1.96. The number of carbonyl (C=O) groups excluding carboxylic acids is 1. The maximum Gasteiger partial charge on any atom is 0.338 e. The fraction of sp³-hybridized carbons (Fsp3) is 0.0588. The molecule has 0 spiro atoms. The number of ether oxygens (including phenoxy) is 1. The normalized spacial score (nSPS) is 10.2. The third-order valence-corrected chi connectivity index (χ3v) is 3.49. The van der Waals surface area contributed by atoms with Gasteiger partial charge in [0.05, 0.1) is 22.2 Å². The summed E-state index contributed by atoms with van der Waals surface area (Å²) < 4.78 is 10.2. The number of nitrogens with zero attached hydrogens (tertiary/aromatic N) is 3. The predicted molar refractivity (Wildman–Crippen MR) is 85.0 cm³/mol. The molecule has 1 heterocycles. The first-order chi connectivity index (χ1) is 11.7. The van der Waals surface area contributed by atoms with E-state index in [-0.39, 0.29) is 12.5 Å². The predicted octanol–water partition coefficient (Wildman–Crippen LogP) is 3.62. The number of carbonyl (C=O) groups is 1. The van der Waals surface area contributed by atoms with E-state index in [9.17, 15) is 4.79 Å². The molecular weight excluding hydrogens is 330 g/mol. The maximum absolute atomic E-state index is 11.9. The van der Waals surface area contributed by atoms with E-state index in [1.54, 1.807) is 30.3 Å². The highest BCUT2D eigenvalue weighted by Gasteiger charge is 2.14. The first kappa shape index (κ1) is 15.7. The van der Waals surface area contributed by atoms with E-state index < -0.39 is 5.97 Å². The summed E-state index contributed by atoms with van der Waals surface area (Å²) in [5.41, 5.74) is 1.43. The van der Waals surface area contributed by atoms with E-state index in [4.69, 9.17) is 26.1 Å². The smallest absolute Gasteiger partial charge is 0.338 e. The van der Waals surface area contributed by atoms with Crippen molar-refractivity contribution in [1.29, 1.82) is 5.26 Å². The Morgan fingerprint density at radius 2 is 1.96 bits per heavy atom. The van der Waals surface area contributed by atoms with Crippen molar-refractivity contribution in [3.8, 4) is 17.5 Å². The number of esters is 1. The van der Waals surface area contributed by atoms with Crippen LogP contribution in [0.2, 0.25) is 5.02 Å². The molecule has 0 fully saturated rings. The Morgan fingerprint density at radius 1 is 1.21 bits per heavy atom. The zero-order chi connectivity index (χ0) is 16.9. The van der Waals surface area contributed by atoms with E-state index in [1.165, 1.54) is 12.1 Å². The van der Waals surface area contributed by atoms with Gasteiger partial charge >= 0.3 is 5.97 Å². The zero-order valence-corrected chi connectivity index (χ0v) is 13.0. The van der Waals surface area contributed by atoms with E-state index in [1.807, 2.05) is 12.1 Å². The second-order valence-corrected chi connectivity index (χ2v) is 5.16. The van der Waals surface area contributed by atoms with Gasteiger partial charge in [0.25, 0.3) is 5.89 Å². The van der Waals surface area contributed by atoms with Crippen molar-refractivity contribution in [3.63, 3.8) is 0 Å². The van der Waals surface area contributed by atoms with Gasteiger partial charge in [-0.15, -0.1) is 0 Å². The Hall–Kier alpha value is -3.17. The van der Waals surface area contributed by atoms with Gasteiger partial charge in [-0.05, 0) is 36.4 Å². The summed E-state index contributed by atoms with van der Waals surface area (Å²) in [7, 11) is 0. The first-order valence-electron chi connectivity index (χ1n) is 6.92. The lowest BCUT2D eigenvalue weighted by Crippen LogP contribution is -2.05. The van der Waals surface area contributed by atoms with E-state index in [0.717, 1.165) is 0 Å². The van der Waals surface area contributed by atoms with Gasteiger partial charge in [-0.25, -0.2) is 4.79 Å². The minimum atomic E-state index is -0.544. The van der Waals surface area contributed by atoms with Crippen molar-refractivity contribution in [2.24, 2.45) is 0 Å². The monoisotopic (exact) mass is 339 g/mol. The van der Waals surface area contributed by atoms with Crippen LogP contribution >= 0.6 is 11.6 Å². The van der Waals surface area contributed by atoms with Crippen LogP contribution in [0, 0.1) is 11.3 Å². The molecule has 0 saturated heterocycles. The molecule has 0 atom stereocenters. The van der Waals surface area contributed by atoms with Gasteiger partial charge in [0.2, 0.25) is 5.82 Å². The lowest BCUT2D eigenvalue weighted by atomic mass is 10.1. The van der Waals surface area contributed by atoms with Crippen molar-refractivity contribution < 1.29 is 14.1 Å². The quantitative estimate of drug-likeness (QED) is 0.674. The van der Waals surface area contributed by atoms with Crippen LogP contribution in [0.3, 0.4) is 0 Å². The third kappa shape index (κ3) is 3.42. The molecule has 24 heavy (non-hydrogen) atoms. The fourth-order valence-corrected chi connectivity index (χ4v) is 2.18. The number of nitriles is 1. The summed E-state index contributed by atoms with van der Waals surface area (Å²) in [6, 6.07) is 15.2. The van der Waals surface area contributed by atoms with Crippen LogP contribution in [-0.2, 0) is 11.3 Å². The number of benzene rings is 2. The molecular formula is C17H10ClN3O3. The van der Waals surface area contributed by atoms with Gasteiger partial charge in [-0.1, -0.05) is 28.9 Å². The summed E-state index contributed by atoms with van der Waals surface area (Å²) in [6.45, 7) is -0.156. The van der Waals surface area contributed by atoms with Crippen LogP contribution in [0.5, 0.6) is 0 Å². The summed E-state index contributed by atoms with van der Waals surface area (Å²) in [5.74, 6) is -0.0612. The Morgan fingerprint density at radius 3 is 2.67 bits per heavy atom. The second-order valence-electron chi connectivity index (χ2n) is 4.76. The highest BCUT2D eigenvalue weighted by Crippen LogP contribution is 2.24. The highest BCUT2D eigenvalue weighted by molar-refractivity contribution is 6.33. The standard InChI is InChI=1S/C17H10ClN3O3/c18-14-4-2-1-3-13(14)16-20-15(24-21-16)10-23-17(22)12-7-5-11(9-19)6-8-12/h1-8H,10H2. The largest absolute Gasteiger partial charge is 0.452 e. The molecule has 7 heteroatoms. The molecule has 0 radical (unpaired) electrons. The number of aromatic nitrogens is 2. The molecule has 0 N–H and O–H groups in total. The average Bonchev–Trinajstić information content (AvgIpc) is 3.09. The van der Waals surface area contributed by atoms with Gasteiger partial charge < -0.3 is 9.26 Å². The molecule has 0 aliphatic heterocycles. The molecule has 0 aliphatic rings. The third-order valence-electron chi connectivity index (χ3n) is 3.16. The number of halogens is 1. The van der Waals surface area contributed by atoms with E-state index in [2.05, 4.69) is 10.1 Å². The molecule has 0 bridgehead atoms. The van der Waals surface area contributed by atoms with Gasteiger partial charge in [0.1, 0.15) is 0 Å². The lowest BCUT2D eigenvalue weighted by Gasteiger charge is -2.01. The molecule has 1 aromatic heterocycles. The van der Waals surface area contributed by atoms with Crippen molar-refractivity contribution in [3.05, 3.63) is 70.6 Å². The van der Waals surface area contributed by atoms with Crippen LogP contribution in [-0.4, -0.2) is 16.1 Å². The average molecular weight is 340 g/mol. The maximum atomic E-state index is 11.9. The van der Waals surface area contributed by atoms with Crippen molar-refractivity contribution in [1.82, 2.24) is 10.1 Å². The van der Waals surface area contributed by atoms with Crippen molar-refractivity contribution in [2.45, 2.75) is 6.61 Å². The molecule has 118 valence electrons. The second kappa shape index (κ2) is 6.94. The molecule has 3 aromatic rings. The van der Waals surface area contributed by atoms with E-state index >= 15 is 0 Å². The Labute approximate surface area is 142 Å². The molecule has 6 nitrogen and oxygen atoms in total. The Kier molecular flexibility index (Phi) is 4.54. The first-order valence-corrected chi connectivity index (χ1v) is 7.30. The van der Waals surface area contributed by atoms with Crippen molar-refractivity contribution >= 4 is 17.6 Å². The van der Waals surface area contributed by atoms with E-state index in [0.29, 0.717) is 27.5 Å². The van der Waals surface area contributed by atoms with Crippen LogP contribution in [0.15, 0.2) is 53.1 Å². The SMILES string of the molecule is N#Cc1ccc(C(=O)OCc2nc(-c3ccccc3Cl)no2)cc1. The van der Waals surface area contributed by atoms with Gasteiger partial charge in [0.15, 0.2) is 6.61 Å². The Bertz CT molecular complexity index is 913. The lowest BCUT2D eigenvalue weighted by molar-refractivity contribution is 0.0430. The van der Waals surface area contributed by atoms with Gasteiger partial charge in [-0.2, -0.15) is 10.2 Å². The van der Waals surface area contributed by atoms with Gasteiger partial charge in [-0.3, -0.25) is 0 Å². The summed E-state index contributed by atoms with van der Waals surface area (Å²) in [4.78, 5) is 16.1. The minimum absolute atomic E-state index is 0.156. The van der Waals surface area contributed by atoms with Gasteiger partial charge in [0, 0.05) is 5.56 Å². The number of rotatable bonds is 4.